The van der Waals surface area contributed by atoms with E-state index in [1.54, 1.807) is 20.1 Å². The Morgan fingerprint density at radius 2 is 1.97 bits per heavy atom. The van der Waals surface area contributed by atoms with E-state index >= 15 is 0 Å². The van der Waals surface area contributed by atoms with Crippen LogP contribution in [0.5, 0.6) is 5.75 Å². The Balaban J connectivity index is 1.93. The molecule has 1 saturated carbocycles. The molecular weight excluding hydrogens is 374 g/mol. The van der Waals surface area contributed by atoms with Gasteiger partial charge in [0.15, 0.2) is 11.5 Å². The number of anilines is 4. The highest BCUT2D eigenvalue weighted by molar-refractivity contribution is 5.96. The molecule has 1 heterocycles. The van der Waals surface area contributed by atoms with Crippen molar-refractivity contribution in [3.63, 3.8) is 0 Å². The summed E-state index contributed by atoms with van der Waals surface area (Å²) in [7, 11) is 1.57. The van der Waals surface area contributed by atoms with Gasteiger partial charge in [-0.2, -0.15) is 4.98 Å². The van der Waals surface area contributed by atoms with Crippen LogP contribution in [0, 0.1) is 0 Å². The maximum atomic E-state index is 12.4. The molecule has 1 aromatic heterocycles. The molecule has 9 heteroatoms. The molecule has 1 aliphatic rings. The summed E-state index contributed by atoms with van der Waals surface area (Å²) in [6.07, 6.45) is 2.74. The van der Waals surface area contributed by atoms with Crippen LogP contribution in [0.2, 0.25) is 0 Å². The number of carbonyl (C=O) groups is 1. The second-order valence-electron chi connectivity index (χ2n) is 6.85. The summed E-state index contributed by atoms with van der Waals surface area (Å²) in [6.45, 7) is 1.93. The van der Waals surface area contributed by atoms with E-state index in [9.17, 15) is 9.90 Å². The SMILES string of the molecule is CCOC(=O)c1nc(NC2CCC(O)CC2)nc(Nc2ccccc2OC)c1N. The number of nitrogens with one attached hydrogen (secondary N) is 2. The molecule has 1 aromatic carbocycles. The van der Waals surface area contributed by atoms with Crippen molar-refractivity contribution >= 4 is 29.1 Å². The van der Waals surface area contributed by atoms with Gasteiger partial charge >= 0.3 is 5.97 Å². The van der Waals surface area contributed by atoms with Crippen molar-refractivity contribution in [3.05, 3.63) is 30.0 Å². The lowest BCUT2D eigenvalue weighted by Gasteiger charge is -2.26. The van der Waals surface area contributed by atoms with Crippen molar-refractivity contribution in [2.75, 3.05) is 30.1 Å². The number of hydrogen-bond donors (Lipinski definition) is 4. The first kappa shape index (κ1) is 20.7. The smallest absolute Gasteiger partial charge is 0.359 e. The van der Waals surface area contributed by atoms with Crippen molar-refractivity contribution in [1.82, 2.24) is 9.97 Å². The molecule has 0 aliphatic heterocycles. The van der Waals surface area contributed by atoms with Crippen molar-refractivity contribution < 1.29 is 19.4 Å². The van der Waals surface area contributed by atoms with Crippen molar-refractivity contribution in [3.8, 4) is 5.75 Å². The molecule has 0 atom stereocenters. The van der Waals surface area contributed by atoms with Crippen molar-refractivity contribution in [1.29, 1.82) is 0 Å². The van der Waals surface area contributed by atoms with Crippen LogP contribution in [0.15, 0.2) is 24.3 Å². The number of benzene rings is 1. The first-order valence-electron chi connectivity index (χ1n) is 9.71. The zero-order valence-electron chi connectivity index (χ0n) is 16.6. The van der Waals surface area contributed by atoms with Crippen LogP contribution in [0.25, 0.3) is 0 Å². The lowest BCUT2D eigenvalue weighted by molar-refractivity contribution is 0.0521. The van der Waals surface area contributed by atoms with Crippen LogP contribution in [0.4, 0.5) is 23.1 Å². The maximum Gasteiger partial charge on any atom is 0.359 e. The molecule has 0 radical (unpaired) electrons. The largest absolute Gasteiger partial charge is 0.495 e. The van der Waals surface area contributed by atoms with E-state index in [-0.39, 0.29) is 41.9 Å². The minimum atomic E-state index is -0.613. The monoisotopic (exact) mass is 401 g/mol. The number of nitrogens with zero attached hydrogens (tertiary/aromatic N) is 2. The normalized spacial score (nSPS) is 18.7. The fourth-order valence-corrected chi connectivity index (χ4v) is 3.26. The standard InChI is InChI=1S/C20H27N5O4/c1-3-29-19(27)17-16(21)18(23-14-6-4-5-7-15(14)28-2)25-20(24-17)22-12-8-10-13(26)11-9-12/h4-7,12-13,26H,3,8-11,21H2,1-2H3,(H2,22,23,24,25). The first-order valence-corrected chi connectivity index (χ1v) is 9.71. The number of aliphatic hydroxyl groups is 1. The van der Waals surface area contributed by atoms with E-state index < -0.39 is 5.97 Å². The van der Waals surface area contributed by atoms with Crippen molar-refractivity contribution in [2.45, 2.75) is 44.8 Å². The van der Waals surface area contributed by atoms with E-state index in [1.165, 1.54) is 0 Å². The minimum absolute atomic E-state index is 0.00223. The molecular formula is C20H27N5O4. The lowest BCUT2D eigenvalue weighted by Crippen LogP contribution is -2.29. The summed E-state index contributed by atoms with van der Waals surface area (Å²) in [5, 5.41) is 16.1. The summed E-state index contributed by atoms with van der Waals surface area (Å²) >= 11 is 0. The zero-order chi connectivity index (χ0) is 20.8. The van der Waals surface area contributed by atoms with Gasteiger partial charge in [-0.05, 0) is 44.7 Å². The fraction of sp³-hybridized carbons (Fsp3) is 0.450. The fourth-order valence-electron chi connectivity index (χ4n) is 3.26. The van der Waals surface area contributed by atoms with Crippen LogP contribution in [-0.4, -0.2) is 46.9 Å². The van der Waals surface area contributed by atoms with Gasteiger partial charge in [0.25, 0.3) is 0 Å². The molecule has 156 valence electrons. The molecule has 0 unspecified atom stereocenters. The Labute approximate surface area is 169 Å². The summed E-state index contributed by atoms with van der Waals surface area (Å²) < 4.78 is 10.5. The average molecular weight is 401 g/mol. The Morgan fingerprint density at radius 1 is 1.24 bits per heavy atom. The molecule has 0 bridgehead atoms. The number of aromatic nitrogens is 2. The van der Waals surface area contributed by atoms with Gasteiger partial charge < -0.3 is 30.9 Å². The number of esters is 1. The highest BCUT2D eigenvalue weighted by Crippen LogP contribution is 2.31. The first-order chi connectivity index (χ1) is 14.0. The van der Waals surface area contributed by atoms with Crippen LogP contribution < -0.4 is 21.1 Å². The van der Waals surface area contributed by atoms with Gasteiger partial charge in [-0.25, -0.2) is 9.78 Å². The number of ether oxygens (including phenoxy) is 2. The third-order valence-corrected chi connectivity index (χ3v) is 4.80. The van der Waals surface area contributed by atoms with E-state index in [0.29, 0.717) is 24.3 Å². The molecule has 0 spiro atoms. The Kier molecular flexibility index (Phi) is 6.71. The van der Waals surface area contributed by atoms with E-state index in [4.69, 9.17) is 15.2 Å². The van der Waals surface area contributed by atoms with Crippen LogP contribution in [-0.2, 0) is 4.74 Å². The molecule has 1 aliphatic carbocycles. The van der Waals surface area contributed by atoms with Gasteiger partial charge in [0.1, 0.15) is 11.4 Å². The Morgan fingerprint density at radius 3 is 2.66 bits per heavy atom. The number of para-hydroxylation sites is 2. The molecule has 5 N–H and O–H groups in total. The summed E-state index contributed by atoms with van der Waals surface area (Å²) in [6, 6.07) is 7.43. The molecule has 2 aromatic rings. The summed E-state index contributed by atoms with van der Waals surface area (Å²) in [5.74, 6) is 0.559. The number of rotatable bonds is 7. The van der Waals surface area contributed by atoms with Crippen LogP contribution >= 0.6 is 0 Å². The number of methoxy groups -OCH3 is 1. The average Bonchev–Trinajstić information content (AvgIpc) is 2.72. The van der Waals surface area contributed by atoms with Crippen LogP contribution in [0.1, 0.15) is 43.1 Å². The van der Waals surface area contributed by atoms with Gasteiger partial charge in [0.2, 0.25) is 5.95 Å². The van der Waals surface area contributed by atoms with Gasteiger partial charge in [-0.1, -0.05) is 12.1 Å². The number of carbonyl (C=O) groups excluding carboxylic acids is 1. The summed E-state index contributed by atoms with van der Waals surface area (Å²) in [5.41, 5.74) is 6.93. The lowest BCUT2D eigenvalue weighted by atomic mass is 9.93. The summed E-state index contributed by atoms with van der Waals surface area (Å²) in [4.78, 5) is 21.1. The number of aliphatic hydroxyl groups excluding tert-OH is 1. The van der Waals surface area contributed by atoms with E-state index in [0.717, 1.165) is 12.8 Å². The third-order valence-electron chi connectivity index (χ3n) is 4.80. The van der Waals surface area contributed by atoms with E-state index in [2.05, 4.69) is 20.6 Å². The predicted molar refractivity (Wildman–Crippen MR) is 111 cm³/mol. The molecule has 1 fully saturated rings. The quantitative estimate of drug-likeness (QED) is 0.517. The Hall–Kier alpha value is -3.07. The topological polar surface area (TPSA) is 132 Å². The predicted octanol–water partition coefficient (Wildman–Crippen LogP) is 2.70. The molecule has 3 rings (SSSR count). The maximum absolute atomic E-state index is 12.4. The van der Waals surface area contributed by atoms with Gasteiger partial charge in [0, 0.05) is 6.04 Å². The van der Waals surface area contributed by atoms with Gasteiger partial charge in [-0.3, -0.25) is 0 Å². The highest BCUT2D eigenvalue weighted by Gasteiger charge is 2.23. The molecule has 0 saturated heterocycles. The zero-order valence-corrected chi connectivity index (χ0v) is 16.6. The second kappa shape index (κ2) is 9.42. The minimum Gasteiger partial charge on any atom is -0.495 e. The molecule has 29 heavy (non-hydrogen) atoms. The number of nitrogens with two attached hydrogens (primary N) is 1. The van der Waals surface area contributed by atoms with Gasteiger partial charge in [0.05, 0.1) is 25.5 Å². The molecule has 0 amide bonds. The third kappa shape index (κ3) is 5.05. The van der Waals surface area contributed by atoms with E-state index in [1.807, 2.05) is 18.2 Å². The molecule has 9 nitrogen and oxygen atoms in total. The highest BCUT2D eigenvalue weighted by atomic mass is 16.5. The van der Waals surface area contributed by atoms with Crippen LogP contribution in [0.3, 0.4) is 0 Å². The number of nitrogen functional groups attached to an aromatic ring is 1. The van der Waals surface area contributed by atoms with Gasteiger partial charge in [-0.15, -0.1) is 0 Å². The number of hydrogen-bond acceptors (Lipinski definition) is 9. The van der Waals surface area contributed by atoms with Crippen molar-refractivity contribution in [2.24, 2.45) is 0 Å². The second-order valence-corrected chi connectivity index (χ2v) is 6.85. The Bertz CT molecular complexity index is 853.